The first kappa shape index (κ1) is 62.6. The van der Waals surface area contributed by atoms with Gasteiger partial charge in [-0.25, -0.2) is 19.4 Å². The van der Waals surface area contributed by atoms with Gasteiger partial charge in [-0.3, -0.25) is 29.4 Å². The lowest BCUT2D eigenvalue weighted by molar-refractivity contribution is -0.941. The number of fused-ring (bicyclic) bond motifs is 4. The van der Waals surface area contributed by atoms with Gasteiger partial charge in [0.25, 0.3) is 5.91 Å². The Kier molecular flexibility index (Phi) is 18.9. The number of ketones is 2. The quantitative estimate of drug-likeness (QED) is 0.0104. The molecule has 5 aliphatic heterocycles. The Morgan fingerprint density at radius 3 is 1.95 bits per heavy atom. The van der Waals surface area contributed by atoms with Crippen LogP contribution in [0.3, 0.4) is 0 Å². The number of thiazole rings is 1. The smallest absolute Gasteiger partial charge is 0.413 e. The number of quaternary nitrogens is 1. The molecule has 4 aromatic rings. The number of anilines is 1. The highest BCUT2D eigenvalue weighted by Crippen LogP contribution is 2.51. The summed E-state index contributed by atoms with van der Waals surface area (Å²) in [7, 11) is 8.75. The fourth-order valence-corrected chi connectivity index (χ4v) is 12.5. The van der Waals surface area contributed by atoms with Crippen LogP contribution in [0, 0.1) is 11.3 Å². The fraction of sp³-hybridized carbons (Fsp3) is 0.483. The number of thioether (sulfide) groups is 1. The number of carbonyl (C=O) groups excluding carboxylic acids is 7. The number of rotatable bonds is 23. The van der Waals surface area contributed by atoms with E-state index < -0.39 is 69.5 Å². The molecule has 3 amide bonds. The molecule has 2 N–H and O–H groups in total. The van der Waals surface area contributed by atoms with Gasteiger partial charge in [0, 0.05) is 59.4 Å². The summed E-state index contributed by atoms with van der Waals surface area (Å²) < 4.78 is 39.3. The Labute approximate surface area is 498 Å². The van der Waals surface area contributed by atoms with Gasteiger partial charge in [-0.1, -0.05) is 29.4 Å². The third-order valence-corrected chi connectivity index (χ3v) is 17.4. The van der Waals surface area contributed by atoms with Crippen LogP contribution in [0.25, 0.3) is 0 Å². The number of oxime groups is 1. The molecule has 0 saturated carbocycles. The second-order valence-corrected chi connectivity index (χ2v) is 26.3. The third kappa shape index (κ3) is 14.9. The van der Waals surface area contributed by atoms with Crippen LogP contribution in [0.4, 0.5) is 9.93 Å². The van der Waals surface area contributed by atoms with Crippen molar-refractivity contribution in [1.29, 1.82) is 0 Å². The van der Waals surface area contributed by atoms with Crippen molar-refractivity contribution in [3.63, 3.8) is 0 Å². The minimum atomic E-state index is -1.66. The highest BCUT2D eigenvalue weighted by atomic mass is 32.2. The van der Waals surface area contributed by atoms with Crippen LogP contribution in [0.1, 0.15) is 115 Å². The zero-order valence-corrected chi connectivity index (χ0v) is 50.9. The van der Waals surface area contributed by atoms with Crippen LogP contribution >= 0.6 is 23.1 Å². The lowest BCUT2D eigenvalue weighted by Crippen LogP contribution is -2.66. The van der Waals surface area contributed by atoms with Crippen LogP contribution in [0.15, 0.2) is 88.5 Å². The van der Waals surface area contributed by atoms with Gasteiger partial charge in [0.2, 0.25) is 17.3 Å². The molecular weight excluding hydrogens is 1120 g/mol. The molecule has 0 aliphatic carbocycles. The van der Waals surface area contributed by atoms with Crippen molar-refractivity contribution < 1.29 is 76.0 Å². The molecule has 9 rings (SSSR count). The van der Waals surface area contributed by atoms with Gasteiger partial charge >= 0.3 is 26.1 Å². The van der Waals surface area contributed by atoms with Crippen molar-refractivity contribution in [3.8, 4) is 23.0 Å². The van der Waals surface area contributed by atoms with Crippen LogP contribution in [0.2, 0.25) is 0 Å². The number of Topliss-reactive ketones (excluding diaryl/α,β-unsaturated/α-hetero) is 2. The van der Waals surface area contributed by atoms with Gasteiger partial charge in [0.05, 0.1) is 45.1 Å². The summed E-state index contributed by atoms with van der Waals surface area (Å²) in [5, 5.41) is 10.2. The summed E-state index contributed by atoms with van der Waals surface area (Å²) in [6, 6.07) is 19.5. The molecular formula is C60H72BN6O15S2+. The molecule has 0 unspecified atom stereocenters. The molecule has 4 saturated heterocycles. The van der Waals surface area contributed by atoms with E-state index in [4.69, 9.17) is 46.0 Å². The molecule has 3 atom stereocenters. The van der Waals surface area contributed by atoms with Gasteiger partial charge in [0.15, 0.2) is 28.1 Å². The number of carbonyl (C=O) groups is 7. The lowest BCUT2D eigenvalue weighted by atomic mass is 9.70. The normalized spacial score (nSPS) is 21.3. The van der Waals surface area contributed by atoms with Crippen molar-refractivity contribution in [2.75, 3.05) is 52.3 Å². The van der Waals surface area contributed by atoms with Crippen LogP contribution < -0.4 is 29.6 Å². The molecule has 6 heterocycles. The Morgan fingerprint density at radius 1 is 0.810 bits per heavy atom. The van der Waals surface area contributed by atoms with Gasteiger partial charge in [-0.15, -0.1) is 23.1 Å². The minimum Gasteiger partial charge on any atom is -0.539 e. The number of β-lactam (4-membered cyclic amide) rings is 1. The summed E-state index contributed by atoms with van der Waals surface area (Å²) in [5.41, 5.74) is -1.29. The lowest BCUT2D eigenvalue weighted by Gasteiger charge is -2.57. The zero-order chi connectivity index (χ0) is 60.9. The summed E-state index contributed by atoms with van der Waals surface area (Å²) >= 11 is 2.43. The molecule has 446 valence electrons. The largest absolute Gasteiger partial charge is 0.539 e. The molecule has 3 aromatic carbocycles. The third-order valence-electron chi connectivity index (χ3n) is 15.1. The highest BCUT2D eigenvalue weighted by Gasteiger charge is 2.58. The maximum atomic E-state index is 14.4. The molecule has 5 aliphatic rings. The number of nitrogens with zero attached hydrogens (tertiary/aromatic N) is 4. The van der Waals surface area contributed by atoms with E-state index in [9.17, 15) is 33.6 Å². The molecule has 2 radical (unpaired) electrons. The highest BCUT2D eigenvalue weighted by molar-refractivity contribution is 8.00. The maximum absolute atomic E-state index is 14.4. The first-order valence-corrected chi connectivity index (χ1v) is 29.4. The van der Waals surface area contributed by atoms with Crippen molar-refractivity contribution in [2.24, 2.45) is 16.5 Å². The average molecular weight is 1190 g/mol. The number of piperidine rings is 3. The van der Waals surface area contributed by atoms with E-state index in [0.29, 0.717) is 59.2 Å². The second-order valence-electron chi connectivity index (χ2n) is 24.0. The Morgan fingerprint density at radius 2 is 1.39 bits per heavy atom. The van der Waals surface area contributed by atoms with Crippen molar-refractivity contribution >= 4 is 83.4 Å². The maximum Gasteiger partial charge on any atom is 0.413 e. The van der Waals surface area contributed by atoms with E-state index in [0.717, 1.165) is 41.7 Å². The Bertz CT molecular complexity index is 3200. The number of hydrogen-bond acceptors (Lipinski definition) is 19. The van der Waals surface area contributed by atoms with Gasteiger partial charge < -0.3 is 47.7 Å². The SMILES string of the molecule is [B]OC(=O)C1=C(C[N+]23CCC(CNC(=O)C(=O)c4ccc(OCc5ccc(OC)cc5)c(OCc5ccc(OC)cc5)c4)(CC2)CC3)[C@H](C)S[C@@H]2[C@H](CC(=O)/C(=N\OC(C)(C)C(=O)OC(C)(C)C)c3csc(NC(=O)OC(C)(C)C)n3)C(=O)N12. The minimum absolute atomic E-state index is 0.00684. The summed E-state index contributed by atoms with van der Waals surface area (Å²) in [4.78, 5) is 107. The van der Waals surface area contributed by atoms with Gasteiger partial charge in [-0.05, 0) is 116 Å². The van der Waals surface area contributed by atoms with Crippen molar-refractivity contribution in [2.45, 2.75) is 129 Å². The zero-order valence-electron chi connectivity index (χ0n) is 49.2. The van der Waals surface area contributed by atoms with E-state index in [1.807, 2.05) is 55.5 Å². The first-order chi connectivity index (χ1) is 39.6. The number of benzene rings is 3. The summed E-state index contributed by atoms with van der Waals surface area (Å²) in [5.74, 6) is -3.07. The first-order valence-electron chi connectivity index (χ1n) is 27.6. The van der Waals surface area contributed by atoms with Crippen LogP contribution in [-0.4, -0.2) is 144 Å². The number of esters is 1. The standard InChI is InChI=1S/C60H71BN6O15S2/c1-35-42(48(53(72)81-61)66-51(71)41(52(66)84-35)29-44(68)47(65-82-59(8,9)54(73)79-57(2,3)4)43-33-83-55(63-43)64-56(74)80-58(5,6)7)30-67-25-22-60(23-26-67,24-27-67)34-62-50(70)49(69)38-16-21-45(77-31-36-12-17-39(75-10)18-13-36)46(28-38)78-32-37-14-19-40(76-11)20-15-37/h12-21,28,33,35,41,52H,22-27,29-32,34H2,1-11H3,(H-,62,63,64,70,74)/p+1/b65-47-/t35-,41+,52+,60?,67?/m0/s1. The van der Waals surface area contributed by atoms with E-state index in [2.05, 4.69) is 20.8 Å². The molecule has 84 heavy (non-hydrogen) atoms. The van der Waals surface area contributed by atoms with Gasteiger partial charge in [-0.2, -0.15) is 0 Å². The Hall–Kier alpha value is -7.44. The molecule has 0 spiro atoms. The second kappa shape index (κ2) is 25.4. The fourth-order valence-electron chi connectivity index (χ4n) is 10.3. The number of ether oxygens (including phenoxy) is 6. The molecule has 21 nitrogen and oxygen atoms in total. The summed E-state index contributed by atoms with van der Waals surface area (Å²) in [6.07, 6.45) is 1.04. The average Bonchev–Trinajstić information content (AvgIpc) is 0.923. The number of nitrogens with one attached hydrogen (secondary N) is 2. The Balaban J connectivity index is 0.920. The number of amides is 3. The summed E-state index contributed by atoms with van der Waals surface area (Å²) in [6.45, 7) is 18.2. The van der Waals surface area contributed by atoms with E-state index in [-0.39, 0.29) is 64.6 Å². The van der Waals surface area contributed by atoms with Crippen LogP contribution in [0.5, 0.6) is 23.0 Å². The molecule has 2 bridgehead atoms. The van der Waals surface area contributed by atoms with Crippen LogP contribution in [-0.2, 0) is 56.2 Å². The van der Waals surface area contributed by atoms with Crippen molar-refractivity contribution in [1.82, 2.24) is 15.2 Å². The predicted molar refractivity (Wildman–Crippen MR) is 314 cm³/mol. The van der Waals surface area contributed by atoms with Crippen molar-refractivity contribution in [3.05, 3.63) is 106 Å². The molecule has 24 heteroatoms. The monoisotopic (exact) mass is 1190 g/mol. The van der Waals surface area contributed by atoms with Gasteiger partial charge in [0.1, 0.15) is 53.9 Å². The number of hydrogen-bond donors (Lipinski definition) is 2. The van der Waals surface area contributed by atoms with E-state index >= 15 is 0 Å². The number of methoxy groups -OCH3 is 2. The number of aromatic nitrogens is 1. The predicted octanol–water partition coefficient (Wildman–Crippen LogP) is 8.27. The van der Waals surface area contributed by atoms with E-state index in [1.165, 1.54) is 42.0 Å². The van der Waals surface area contributed by atoms with E-state index in [1.54, 1.807) is 67.9 Å². The molecule has 4 fully saturated rings. The molecule has 1 aromatic heterocycles. The topological polar surface area (TPSA) is 246 Å².